The third kappa shape index (κ3) is 3.68. The average molecular weight is 319 g/mol. The van der Waals surface area contributed by atoms with Gasteiger partial charge in [0.05, 0.1) is 16.9 Å². The van der Waals surface area contributed by atoms with Crippen molar-refractivity contribution in [1.82, 2.24) is 5.32 Å². The highest BCUT2D eigenvalue weighted by atomic mass is 79.9. The van der Waals surface area contributed by atoms with Gasteiger partial charge in [0, 0.05) is 11.0 Å². The van der Waals surface area contributed by atoms with E-state index in [1.807, 2.05) is 6.92 Å². The lowest BCUT2D eigenvalue weighted by atomic mass is 10.0. The third-order valence-corrected chi connectivity index (χ3v) is 3.38. The van der Waals surface area contributed by atoms with Gasteiger partial charge in [0.15, 0.2) is 0 Å². The average Bonchev–Trinajstić information content (AvgIpc) is 2.31. The second kappa shape index (κ2) is 5.67. The van der Waals surface area contributed by atoms with Crippen LogP contribution < -0.4 is 11.1 Å². The number of hydrogen-bond acceptors (Lipinski definition) is 3. The van der Waals surface area contributed by atoms with Gasteiger partial charge in [0.25, 0.3) is 5.91 Å². The summed E-state index contributed by atoms with van der Waals surface area (Å²) in [4.78, 5) is 11.9. The first-order chi connectivity index (χ1) is 8.26. The third-order valence-electron chi connectivity index (χ3n) is 2.72. The molecule has 0 saturated carbocycles. The first-order valence-electron chi connectivity index (χ1n) is 5.52. The Labute approximate surface area is 113 Å². The summed E-state index contributed by atoms with van der Waals surface area (Å²) in [7, 11) is 0. The molecular weight excluding hydrogens is 303 g/mol. The molecule has 0 bridgehead atoms. The van der Waals surface area contributed by atoms with Gasteiger partial charge in [0.1, 0.15) is 5.82 Å². The predicted molar refractivity (Wildman–Crippen MR) is 71.8 cm³/mol. The maximum atomic E-state index is 13.1. The lowest BCUT2D eigenvalue weighted by Gasteiger charge is -2.21. The Morgan fingerprint density at radius 1 is 1.61 bits per heavy atom. The largest absolute Gasteiger partial charge is 0.396 e. The van der Waals surface area contributed by atoms with Crippen molar-refractivity contribution in [3.63, 3.8) is 0 Å². The molecule has 0 aliphatic heterocycles. The Hall–Kier alpha value is -1.14. The van der Waals surface area contributed by atoms with Crippen molar-refractivity contribution in [2.45, 2.75) is 25.9 Å². The number of amides is 1. The van der Waals surface area contributed by atoms with Gasteiger partial charge >= 0.3 is 0 Å². The van der Waals surface area contributed by atoms with Gasteiger partial charge in [-0.3, -0.25) is 4.79 Å². The zero-order chi connectivity index (χ0) is 13.9. The number of nitrogens with one attached hydrogen (secondary N) is 1. The Balaban J connectivity index is 2.82. The lowest BCUT2D eigenvalue weighted by Crippen LogP contribution is -2.40. The SMILES string of the molecule is CCC(C)(O)CNC(=O)c1cc(N)c(F)cc1Br. The first kappa shape index (κ1) is 14.9. The molecule has 1 aromatic rings. The fourth-order valence-corrected chi connectivity index (χ4v) is 1.73. The second-order valence-electron chi connectivity index (χ2n) is 4.39. The van der Waals surface area contributed by atoms with E-state index in [9.17, 15) is 14.3 Å². The molecule has 1 aromatic carbocycles. The number of hydrogen-bond donors (Lipinski definition) is 3. The first-order valence-corrected chi connectivity index (χ1v) is 6.31. The van der Waals surface area contributed by atoms with E-state index in [0.717, 1.165) is 6.07 Å². The highest BCUT2D eigenvalue weighted by molar-refractivity contribution is 9.10. The number of rotatable bonds is 4. The molecule has 1 rings (SSSR count). The fraction of sp³-hybridized carbons (Fsp3) is 0.417. The molecule has 6 heteroatoms. The number of nitrogen functional groups attached to an aromatic ring is 1. The van der Waals surface area contributed by atoms with Crippen LogP contribution in [0.15, 0.2) is 16.6 Å². The van der Waals surface area contributed by atoms with Gasteiger partial charge in [0.2, 0.25) is 0 Å². The molecule has 0 heterocycles. The van der Waals surface area contributed by atoms with Crippen molar-refractivity contribution in [1.29, 1.82) is 0 Å². The number of nitrogens with two attached hydrogens (primary N) is 1. The number of anilines is 1. The predicted octanol–water partition coefficient (Wildman–Crippen LogP) is 2.06. The van der Waals surface area contributed by atoms with Crippen LogP contribution in [0.2, 0.25) is 0 Å². The topological polar surface area (TPSA) is 75.3 Å². The standard InChI is InChI=1S/C12H16BrFN2O2/c1-3-12(2,18)6-16-11(17)7-4-10(15)9(14)5-8(7)13/h4-5,18H,3,6,15H2,1-2H3,(H,16,17). The van der Waals surface area contributed by atoms with Crippen LogP contribution in [0.3, 0.4) is 0 Å². The Morgan fingerprint density at radius 3 is 2.78 bits per heavy atom. The normalized spacial score (nSPS) is 14.1. The summed E-state index contributed by atoms with van der Waals surface area (Å²) in [5.41, 5.74) is 4.59. The summed E-state index contributed by atoms with van der Waals surface area (Å²) >= 11 is 3.10. The van der Waals surface area contributed by atoms with Crippen molar-refractivity contribution in [3.05, 3.63) is 28.0 Å². The maximum Gasteiger partial charge on any atom is 0.252 e. The van der Waals surface area contributed by atoms with Crippen LogP contribution in [0.25, 0.3) is 0 Å². The van der Waals surface area contributed by atoms with E-state index in [-0.39, 0.29) is 17.8 Å². The van der Waals surface area contributed by atoms with Crippen LogP contribution in [0.4, 0.5) is 10.1 Å². The number of carbonyl (C=O) groups is 1. The molecule has 1 unspecified atom stereocenters. The zero-order valence-electron chi connectivity index (χ0n) is 10.3. The molecule has 4 N–H and O–H groups in total. The van der Waals surface area contributed by atoms with Gasteiger partial charge in [-0.05, 0) is 41.4 Å². The summed E-state index contributed by atoms with van der Waals surface area (Å²) in [5.74, 6) is -0.999. The van der Waals surface area contributed by atoms with Crippen molar-refractivity contribution in [2.75, 3.05) is 12.3 Å². The molecule has 0 saturated heterocycles. The molecule has 18 heavy (non-hydrogen) atoms. The lowest BCUT2D eigenvalue weighted by molar-refractivity contribution is 0.0518. The van der Waals surface area contributed by atoms with Crippen molar-refractivity contribution >= 4 is 27.5 Å². The highest BCUT2D eigenvalue weighted by Gasteiger charge is 2.20. The second-order valence-corrected chi connectivity index (χ2v) is 5.24. The summed E-state index contributed by atoms with van der Waals surface area (Å²) < 4.78 is 13.4. The molecule has 0 aliphatic rings. The molecule has 0 aromatic heterocycles. The van der Waals surface area contributed by atoms with Gasteiger partial charge < -0.3 is 16.2 Å². The van der Waals surface area contributed by atoms with Crippen LogP contribution in [0, 0.1) is 5.82 Å². The molecule has 0 fully saturated rings. The van der Waals surface area contributed by atoms with Crippen molar-refractivity contribution in [2.24, 2.45) is 0 Å². The number of benzene rings is 1. The highest BCUT2D eigenvalue weighted by Crippen LogP contribution is 2.22. The van der Waals surface area contributed by atoms with Crippen LogP contribution in [-0.2, 0) is 0 Å². The zero-order valence-corrected chi connectivity index (χ0v) is 11.8. The minimum Gasteiger partial charge on any atom is -0.396 e. The van der Waals surface area contributed by atoms with E-state index < -0.39 is 17.3 Å². The van der Waals surface area contributed by atoms with Crippen LogP contribution in [0.5, 0.6) is 0 Å². The summed E-state index contributed by atoms with van der Waals surface area (Å²) in [5, 5.41) is 12.4. The van der Waals surface area contributed by atoms with Crippen LogP contribution in [0.1, 0.15) is 30.6 Å². The van der Waals surface area contributed by atoms with E-state index in [1.54, 1.807) is 6.92 Å². The minimum atomic E-state index is -0.965. The summed E-state index contributed by atoms with van der Waals surface area (Å²) in [6, 6.07) is 2.40. The van der Waals surface area contributed by atoms with Gasteiger partial charge in [-0.2, -0.15) is 0 Å². The van der Waals surface area contributed by atoms with Crippen molar-refractivity contribution < 1.29 is 14.3 Å². The molecule has 0 radical (unpaired) electrons. The quantitative estimate of drug-likeness (QED) is 0.744. The summed E-state index contributed by atoms with van der Waals surface area (Å²) in [6.45, 7) is 3.56. The fourth-order valence-electron chi connectivity index (χ4n) is 1.23. The van der Waals surface area contributed by atoms with E-state index in [1.165, 1.54) is 6.07 Å². The maximum absolute atomic E-state index is 13.1. The van der Waals surface area contributed by atoms with Crippen molar-refractivity contribution in [3.8, 4) is 0 Å². The van der Waals surface area contributed by atoms with Gasteiger partial charge in [-0.25, -0.2) is 4.39 Å². The molecule has 100 valence electrons. The number of halogens is 2. The van der Waals surface area contributed by atoms with E-state index in [4.69, 9.17) is 5.73 Å². The van der Waals surface area contributed by atoms with E-state index >= 15 is 0 Å². The van der Waals surface area contributed by atoms with E-state index in [2.05, 4.69) is 21.2 Å². The smallest absolute Gasteiger partial charge is 0.252 e. The number of aliphatic hydroxyl groups is 1. The Kier molecular flexibility index (Phi) is 4.70. The molecule has 0 spiro atoms. The summed E-state index contributed by atoms with van der Waals surface area (Å²) in [6.07, 6.45) is 0.514. The molecule has 0 aliphatic carbocycles. The van der Waals surface area contributed by atoms with Gasteiger partial charge in [-0.1, -0.05) is 6.92 Å². The molecular formula is C12H16BrFN2O2. The van der Waals surface area contributed by atoms with E-state index in [0.29, 0.717) is 10.9 Å². The molecule has 1 atom stereocenters. The van der Waals surface area contributed by atoms with Gasteiger partial charge in [-0.15, -0.1) is 0 Å². The van der Waals surface area contributed by atoms with Crippen LogP contribution in [-0.4, -0.2) is 23.2 Å². The Morgan fingerprint density at radius 2 is 2.22 bits per heavy atom. The minimum absolute atomic E-state index is 0.0920. The molecule has 4 nitrogen and oxygen atoms in total. The van der Waals surface area contributed by atoms with Crippen LogP contribution >= 0.6 is 15.9 Å². The number of carbonyl (C=O) groups excluding carboxylic acids is 1. The Bertz CT molecular complexity index is 464. The molecule has 1 amide bonds. The monoisotopic (exact) mass is 318 g/mol.